The fourth-order valence-corrected chi connectivity index (χ4v) is 6.40. The van der Waals surface area contributed by atoms with Gasteiger partial charge in [-0.15, -0.1) is 0 Å². The van der Waals surface area contributed by atoms with Gasteiger partial charge in [-0.1, -0.05) is 78.1 Å². The second-order valence-corrected chi connectivity index (χ2v) is 11.9. The number of nitrogens with zero attached hydrogens (tertiary/aromatic N) is 2. The molecule has 0 amide bonds. The summed E-state index contributed by atoms with van der Waals surface area (Å²) in [6.45, 7) is 4.44. The second-order valence-electron chi connectivity index (χ2n) is 11.9. The maximum Gasteiger partial charge on any atom is 0.339 e. The van der Waals surface area contributed by atoms with E-state index in [-0.39, 0.29) is 34.5 Å². The van der Waals surface area contributed by atoms with Crippen molar-refractivity contribution in [2.24, 2.45) is 11.8 Å². The van der Waals surface area contributed by atoms with Crippen LogP contribution in [0.1, 0.15) is 161 Å². The third-order valence-electron chi connectivity index (χ3n) is 8.94. The Bertz CT molecular complexity index is 954. The second kappa shape index (κ2) is 17.1. The Morgan fingerprint density at radius 1 is 0.650 bits per heavy atom. The van der Waals surface area contributed by atoms with Crippen molar-refractivity contribution in [1.82, 2.24) is 0 Å². The summed E-state index contributed by atoms with van der Waals surface area (Å²) in [5.41, 5.74) is -0.133. The van der Waals surface area contributed by atoms with E-state index < -0.39 is 11.9 Å². The SMILES string of the molecule is CCCCCC[C@H]1CC[C@H](OC(=O)c2ccc(C(=O)O[C@H]3CC[C@H](CCCCCC)CC3)c(C#N)c2C#N)CC1. The Hall–Kier alpha value is -2.86. The lowest BCUT2D eigenvalue weighted by atomic mass is 9.84. The highest BCUT2D eigenvalue weighted by molar-refractivity contribution is 5.98. The molecule has 2 aliphatic carbocycles. The third kappa shape index (κ3) is 9.36. The number of hydrogen-bond donors (Lipinski definition) is 0. The van der Waals surface area contributed by atoms with Gasteiger partial charge in [0.2, 0.25) is 0 Å². The molecule has 0 aliphatic heterocycles. The lowest BCUT2D eigenvalue weighted by molar-refractivity contribution is 0.0147. The van der Waals surface area contributed by atoms with Crippen LogP contribution in [0.2, 0.25) is 0 Å². The first-order chi connectivity index (χ1) is 19.5. The first-order valence-corrected chi connectivity index (χ1v) is 15.9. The number of ether oxygens (including phenoxy) is 2. The highest BCUT2D eigenvalue weighted by Gasteiger charge is 2.29. The summed E-state index contributed by atoms with van der Waals surface area (Å²) < 4.78 is 11.5. The van der Waals surface area contributed by atoms with Gasteiger partial charge in [0.1, 0.15) is 24.3 Å². The molecule has 6 nitrogen and oxygen atoms in total. The molecule has 1 aromatic carbocycles. The van der Waals surface area contributed by atoms with E-state index in [1.54, 1.807) is 0 Å². The summed E-state index contributed by atoms with van der Waals surface area (Å²) in [6, 6.07) is 6.82. The molecular weight excluding hydrogens is 500 g/mol. The van der Waals surface area contributed by atoms with E-state index in [2.05, 4.69) is 13.8 Å². The molecule has 2 saturated carbocycles. The minimum Gasteiger partial charge on any atom is -0.459 e. The molecule has 2 fully saturated rings. The van der Waals surface area contributed by atoms with Crippen LogP contribution in [0.15, 0.2) is 12.1 Å². The molecule has 3 rings (SSSR count). The molecule has 0 saturated heterocycles. The zero-order valence-corrected chi connectivity index (χ0v) is 24.7. The van der Waals surface area contributed by atoms with Crippen LogP contribution in [0.3, 0.4) is 0 Å². The summed E-state index contributed by atoms with van der Waals surface area (Å²) in [4.78, 5) is 26.1. The summed E-state index contributed by atoms with van der Waals surface area (Å²) >= 11 is 0. The molecule has 0 atom stereocenters. The Morgan fingerprint density at radius 3 is 1.35 bits per heavy atom. The molecule has 2 aliphatic rings. The number of nitriles is 2. The fourth-order valence-electron chi connectivity index (χ4n) is 6.40. The van der Waals surface area contributed by atoms with Crippen LogP contribution in [0.25, 0.3) is 0 Å². The summed E-state index contributed by atoms with van der Waals surface area (Å²) in [6.07, 6.45) is 19.7. The van der Waals surface area contributed by atoms with Crippen LogP contribution in [-0.2, 0) is 9.47 Å². The average Bonchev–Trinajstić information content (AvgIpc) is 2.98. The van der Waals surface area contributed by atoms with E-state index in [4.69, 9.17) is 9.47 Å². The van der Waals surface area contributed by atoms with Crippen molar-refractivity contribution in [1.29, 1.82) is 10.5 Å². The Kier molecular flexibility index (Phi) is 13.5. The Morgan fingerprint density at radius 2 is 1.02 bits per heavy atom. The van der Waals surface area contributed by atoms with Gasteiger partial charge >= 0.3 is 11.9 Å². The largest absolute Gasteiger partial charge is 0.459 e. The monoisotopic (exact) mass is 548 g/mol. The first kappa shape index (κ1) is 31.7. The lowest BCUT2D eigenvalue weighted by Gasteiger charge is -2.29. The van der Waals surface area contributed by atoms with Gasteiger partial charge in [-0.25, -0.2) is 9.59 Å². The van der Waals surface area contributed by atoms with Crippen LogP contribution in [-0.4, -0.2) is 24.1 Å². The standard InChI is InChI=1S/C34H48N2O4/c1-3-5-7-9-11-25-13-17-27(18-14-25)39-33(37)29-21-22-30(32(24-36)31(29)23-35)34(38)40-28-19-15-26(16-20-28)12-10-8-6-4-2/h21-22,25-28H,3-20H2,1-2H3/t25-,26-,27-,28-. The van der Waals surface area contributed by atoms with Gasteiger partial charge in [0, 0.05) is 0 Å². The normalized spacial score (nSPS) is 22.6. The molecule has 0 heterocycles. The van der Waals surface area contributed by atoms with Crippen LogP contribution in [0, 0.1) is 34.5 Å². The highest BCUT2D eigenvalue weighted by atomic mass is 16.5. The number of carbonyl (C=O) groups is 2. The molecule has 0 radical (unpaired) electrons. The quantitative estimate of drug-likeness (QED) is 0.170. The zero-order chi connectivity index (χ0) is 28.7. The predicted molar refractivity (Wildman–Crippen MR) is 156 cm³/mol. The van der Waals surface area contributed by atoms with Gasteiger partial charge in [-0.3, -0.25) is 0 Å². The Labute approximate surface area is 241 Å². The van der Waals surface area contributed by atoms with Crippen LogP contribution in [0.4, 0.5) is 0 Å². The summed E-state index contributed by atoms with van der Waals surface area (Å²) in [7, 11) is 0. The third-order valence-corrected chi connectivity index (χ3v) is 8.94. The van der Waals surface area contributed by atoms with Crippen LogP contribution in [0.5, 0.6) is 0 Å². The van der Waals surface area contributed by atoms with Crippen molar-refractivity contribution in [3.63, 3.8) is 0 Å². The minimum absolute atomic E-state index is 0.0425. The summed E-state index contributed by atoms with van der Waals surface area (Å²) in [5.74, 6) is 0.184. The number of unbranched alkanes of at least 4 members (excludes halogenated alkanes) is 6. The average molecular weight is 549 g/mol. The van der Waals surface area contributed by atoms with Crippen molar-refractivity contribution in [3.05, 3.63) is 34.4 Å². The van der Waals surface area contributed by atoms with E-state index in [0.29, 0.717) is 11.8 Å². The lowest BCUT2D eigenvalue weighted by Crippen LogP contribution is -2.26. The molecular formula is C34H48N2O4. The fraction of sp³-hybridized carbons (Fsp3) is 0.706. The molecule has 218 valence electrons. The summed E-state index contributed by atoms with van der Waals surface area (Å²) in [5, 5.41) is 19.7. The maximum atomic E-state index is 13.0. The number of esters is 2. The van der Waals surface area contributed by atoms with Crippen molar-refractivity contribution >= 4 is 11.9 Å². The molecule has 6 heteroatoms. The topological polar surface area (TPSA) is 100 Å². The molecule has 40 heavy (non-hydrogen) atoms. The first-order valence-electron chi connectivity index (χ1n) is 15.9. The van der Waals surface area contributed by atoms with E-state index in [9.17, 15) is 20.1 Å². The zero-order valence-electron chi connectivity index (χ0n) is 24.7. The van der Waals surface area contributed by atoms with Crippen LogP contribution < -0.4 is 0 Å². The van der Waals surface area contributed by atoms with Gasteiger partial charge in [0.25, 0.3) is 0 Å². The number of rotatable bonds is 14. The van der Waals surface area contributed by atoms with E-state index in [0.717, 1.165) is 51.4 Å². The minimum atomic E-state index is -0.600. The van der Waals surface area contributed by atoms with Crippen molar-refractivity contribution in [3.8, 4) is 12.1 Å². The van der Waals surface area contributed by atoms with Crippen LogP contribution >= 0.6 is 0 Å². The van der Waals surface area contributed by atoms with Gasteiger partial charge in [-0.2, -0.15) is 10.5 Å². The number of carbonyl (C=O) groups excluding carboxylic acids is 2. The molecule has 0 spiro atoms. The smallest absolute Gasteiger partial charge is 0.339 e. The van der Waals surface area contributed by atoms with Crippen molar-refractivity contribution in [2.75, 3.05) is 0 Å². The molecule has 0 unspecified atom stereocenters. The van der Waals surface area contributed by atoms with Gasteiger partial charge in [0.15, 0.2) is 0 Å². The molecule has 1 aromatic rings. The van der Waals surface area contributed by atoms with Gasteiger partial charge in [-0.05, 0) is 75.3 Å². The van der Waals surface area contributed by atoms with E-state index in [1.807, 2.05) is 12.1 Å². The van der Waals surface area contributed by atoms with Crippen molar-refractivity contribution in [2.45, 2.75) is 142 Å². The maximum absolute atomic E-state index is 13.0. The van der Waals surface area contributed by atoms with Gasteiger partial charge in [0.05, 0.1) is 22.3 Å². The number of hydrogen-bond acceptors (Lipinski definition) is 6. The Balaban J connectivity index is 1.54. The van der Waals surface area contributed by atoms with Crippen molar-refractivity contribution < 1.29 is 19.1 Å². The molecule has 0 bridgehead atoms. The molecule has 0 N–H and O–H groups in total. The van der Waals surface area contributed by atoms with E-state index in [1.165, 1.54) is 76.3 Å². The predicted octanol–water partition coefficient (Wildman–Crippen LogP) is 8.80. The van der Waals surface area contributed by atoms with E-state index >= 15 is 0 Å². The van der Waals surface area contributed by atoms with Gasteiger partial charge < -0.3 is 9.47 Å². The molecule has 0 aromatic heterocycles. The highest BCUT2D eigenvalue weighted by Crippen LogP contribution is 2.33. The number of benzene rings is 1.